The number of ether oxygens (including phenoxy) is 3. The van der Waals surface area contributed by atoms with Gasteiger partial charge in [-0.1, -0.05) is 58.8 Å². The summed E-state index contributed by atoms with van der Waals surface area (Å²) in [5.41, 5.74) is 0. The van der Waals surface area contributed by atoms with Gasteiger partial charge in [0.15, 0.2) is 0 Å². The first-order valence-corrected chi connectivity index (χ1v) is 14.4. The Kier molecular flexibility index (Phi) is 24.5. The molecule has 0 heterocycles. The number of alkyl halides is 3. The summed E-state index contributed by atoms with van der Waals surface area (Å²) in [6, 6.07) is 0. The smallest absolute Gasteiger partial charge is 0.285 e. The van der Waals surface area contributed by atoms with Gasteiger partial charge in [0.2, 0.25) is 0 Å². The quantitative estimate of drug-likeness (QED) is 0.0706. The lowest BCUT2D eigenvalue weighted by molar-refractivity contribution is -0.407. The van der Waals surface area contributed by atoms with E-state index in [1.165, 1.54) is 38.5 Å². The molecule has 0 aliphatic carbocycles. The first-order chi connectivity index (χ1) is 15.2. The van der Waals surface area contributed by atoms with Crippen LogP contribution in [0.15, 0.2) is 0 Å². The van der Waals surface area contributed by atoms with Crippen molar-refractivity contribution in [1.29, 1.82) is 0 Å². The van der Waals surface area contributed by atoms with Gasteiger partial charge in [0.25, 0.3) is 5.97 Å². The highest BCUT2D eigenvalue weighted by Crippen LogP contribution is 2.35. The number of halogens is 3. The number of rotatable bonds is 25. The van der Waals surface area contributed by atoms with E-state index in [-0.39, 0.29) is 5.92 Å². The maximum absolute atomic E-state index is 6.43. The predicted molar refractivity (Wildman–Crippen MR) is 137 cm³/mol. The molecule has 0 spiro atoms. The van der Waals surface area contributed by atoms with Crippen LogP contribution in [0.1, 0.15) is 110 Å². The van der Waals surface area contributed by atoms with Gasteiger partial charge in [-0.15, -0.1) is 34.8 Å². The van der Waals surface area contributed by atoms with Gasteiger partial charge in [-0.3, -0.25) is 0 Å². The molecule has 6 heteroatoms. The van der Waals surface area contributed by atoms with Crippen LogP contribution < -0.4 is 0 Å². The van der Waals surface area contributed by atoms with Gasteiger partial charge in [-0.05, 0) is 51.4 Å². The number of unbranched alkanes of at least 4 members (excludes halogenated alkanes) is 8. The molecule has 0 saturated heterocycles. The zero-order valence-electron chi connectivity index (χ0n) is 20.3. The van der Waals surface area contributed by atoms with Crippen LogP contribution in [0, 0.1) is 5.92 Å². The third kappa shape index (κ3) is 16.9. The molecule has 0 aromatic rings. The maximum atomic E-state index is 6.43. The molecule has 1 atom stereocenters. The highest BCUT2D eigenvalue weighted by molar-refractivity contribution is 6.18. The van der Waals surface area contributed by atoms with Crippen LogP contribution in [0.25, 0.3) is 0 Å². The lowest BCUT2D eigenvalue weighted by atomic mass is 9.93. The topological polar surface area (TPSA) is 27.7 Å². The monoisotopic (exact) mass is 502 g/mol. The highest BCUT2D eigenvalue weighted by Gasteiger charge is 2.42. The van der Waals surface area contributed by atoms with Crippen LogP contribution >= 0.6 is 34.8 Å². The molecule has 3 nitrogen and oxygen atoms in total. The van der Waals surface area contributed by atoms with E-state index in [0.29, 0.717) is 37.5 Å². The van der Waals surface area contributed by atoms with Gasteiger partial charge in [-0.25, -0.2) is 0 Å². The Balaban J connectivity index is 5.20. The van der Waals surface area contributed by atoms with Crippen LogP contribution in [-0.2, 0) is 14.2 Å². The van der Waals surface area contributed by atoms with Gasteiger partial charge in [-0.2, -0.15) is 0 Å². The zero-order valence-corrected chi connectivity index (χ0v) is 22.6. The fraction of sp³-hybridized carbons (Fsp3) is 1.00. The normalized spacial score (nSPS) is 13.1. The third-order valence-corrected chi connectivity index (χ3v) is 6.34. The minimum atomic E-state index is -0.968. The Morgan fingerprint density at radius 2 is 0.968 bits per heavy atom. The Bertz CT molecular complexity index is 328. The van der Waals surface area contributed by atoms with E-state index in [2.05, 4.69) is 13.8 Å². The molecule has 0 aromatic heterocycles. The molecule has 0 aromatic carbocycles. The molecule has 188 valence electrons. The van der Waals surface area contributed by atoms with Crippen LogP contribution in [0.2, 0.25) is 0 Å². The second-order valence-electron chi connectivity index (χ2n) is 8.38. The molecule has 0 aliphatic rings. The first-order valence-electron chi connectivity index (χ1n) is 12.8. The molecule has 0 saturated carbocycles. The van der Waals surface area contributed by atoms with Crippen LogP contribution in [0.4, 0.5) is 0 Å². The van der Waals surface area contributed by atoms with E-state index in [4.69, 9.17) is 49.0 Å². The molecular weight excluding hydrogens is 455 g/mol. The predicted octanol–water partition coefficient (Wildman–Crippen LogP) is 8.91. The fourth-order valence-corrected chi connectivity index (χ4v) is 4.30. The van der Waals surface area contributed by atoms with Crippen molar-refractivity contribution in [1.82, 2.24) is 0 Å². The second kappa shape index (κ2) is 23.9. The van der Waals surface area contributed by atoms with Crippen molar-refractivity contribution >= 4 is 34.8 Å². The largest absolute Gasteiger partial charge is 0.327 e. The minimum absolute atomic E-state index is 0.228. The van der Waals surface area contributed by atoms with Crippen molar-refractivity contribution in [2.24, 2.45) is 5.92 Å². The van der Waals surface area contributed by atoms with Crippen LogP contribution in [-0.4, -0.2) is 43.4 Å². The molecule has 0 amide bonds. The van der Waals surface area contributed by atoms with Crippen molar-refractivity contribution in [2.75, 3.05) is 37.5 Å². The van der Waals surface area contributed by atoms with Crippen molar-refractivity contribution in [3.63, 3.8) is 0 Å². The number of hydrogen-bond donors (Lipinski definition) is 0. The third-order valence-electron chi connectivity index (χ3n) is 5.54. The van der Waals surface area contributed by atoms with Crippen molar-refractivity contribution in [3.05, 3.63) is 0 Å². The summed E-state index contributed by atoms with van der Waals surface area (Å²) >= 11 is 17.6. The first kappa shape index (κ1) is 31.8. The summed E-state index contributed by atoms with van der Waals surface area (Å²) in [5, 5.41) is 0. The Labute approximate surface area is 208 Å². The van der Waals surface area contributed by atoms with Gasteiger partial charge in [0.05, 0.1) is 19.8 Å². The lowest BCUT2D eigenvalue weighted by Crippen LogP contribution is -2.47. The summed E-state index contributed by atoms with van der Waals surface area (Å²) in [7, 11) is 0. The molecular formula is C25H49Cl3O3. The molecule has 0 rings (SSSR count). The molecule has 0 N–H and O–H groups in total. The summed E-state index contributed by atoms with van der Waals surface area (Å²) in [5.74, 6) is 1.22. The SMILES string of the molecule is CCCCCCCCC(CCC)C(OCCCCCl)(OCCCCCl)OCCCCCl. The molecule has 1 unspecified atom stereocenters. The minimum Gasteiger partial charge on any atom is -0.327 e. The fourth-order valence-electron chi connectivity index (χ4n) is 3.73. The Hall–Kier alpha value is 0.750. The lowest BCUT2D eigenvalue weighted by Gasteiger charge is -2.40. The number of hydrogen-bond acceptors (Lipinski definition) is 3. The summed E-state index contributed by atoms with van der Waals surface area (Å²) < 4.78 is 19.3. The molecule has 0 fully saturated rings. The van der Waals surface area contributed by atoms with E-state index < -0.39 is 5.97 Å². The van der Waals surface area contributed by atoms with Gasteiger partial charge in [0, 0.05) is 23.6 Å². The van der Waals surface area contributed by atoms with Crippen molar-refractivity contribution < 1.29 is 14.2 Å². The maximum Gasteiger partial charge on any atom is 0.285 e. The Morgan fingerprint density at radius 3 is 1.39 bits per heavy atom. The Morgan fingerprint density at radius 1 is 0.516 bits per heavy atom. The van der Waals surface area contributed by atoms with E-state index in [1.54, 1.807) is 0 Å². The van der Waals surface area contributed by atoms with E-state index in [0.717, 1.165) is 57.8 Å². The van der Waals surface area contributed by atoms with Gasteiger partial charge in [0.1, 0.15) is 0 Å². The summed E-state index contributed by atoms with van der Waals surface area (Å²) in [4.78, 5) is 0. The summed E-state index contributed by atoms with van der Waals surface area (Å²) in [6.07, 6.45) is 16.5. The van der Waals surface area contributed by atoms with E-state index >= 15 is 0 Å². The van der Waals surface area contributed by atoms with Crippen molar-refractivity contribution in [2.45, 2.75) is 116 Å². The van der Waals surface area contributed by atoms with Crippen molar-refractivity contribution in [3.8, 4) is 0 Å². The molecule has 31 heavy (non-hydrogen) atoms. The zero-order chi connectivity index (χ0) is 23.0. The molecule has 0 bridgehead atoms. The van der Waals surface area contributed by atoms with E-state index in [1.807, 2.05) is 0 Å². The molecule has 0 radical (unpaired) electrons. The average molecular weight is 504 g/mol. The second-order valence-corrected chi connectivity index (χ2v) is 9.51. The van der Waals surface area contributed by atoms with Crippen LogP contribution in [0.3, 0.4) is 0 Å². The van der Waals surface area contributed by atoms with Gasteiger partial charge >= 0.3 is 0 Å². The standard InChI is InChI=1S/C25H49Cl3O3/c1-3-5-6-7-8-9-17-24(16-4-2)25(29-21-13-10-18-26,30-22-14-11-19-27)31-23-15-12-20-28/h24H,3-23H2,1-2H3. The van der Waals surface area contributed by atoms with Gasteiger partial charge < -0.3 is 14.2 Å². The molecule has 0 aliphatic heterocycles. The summed E-state index contributed by atoms with van der Waals surface area (Å²) in [6.45, 7) is 6.31. The van der Waals surface area contributed by atoms with E-state index in [9.17, 15) is 0 Å². The highest BCUT2D eigenvalue weighted by atomic mass is 35.5. The average Bonchev–Trinajstić information content (AvgIpc) is 2.78. The van der Waals surface area contributed by atoms with Crippen LogP contribution in [0.5, 0.6) is 0 Å².